The predicted molar refractivity (Wildman–Crippen MR) is 110 cm³/mol. The third kappa shape index (κ3) is 3.79. The van der Waals surface area contributed by atoms with Gasteiger partial charge >= 0.3 is 0 Å². The lowest BCUT2D eigenvalue weighted by Crippen LogP contribution is -2.43. The molecule has 1 aliphatic rings. The second-order valence-corrected chi connectivity index (χ2v) is 7.94. The van der Waals surface area contributed by atoms with Crippen LogP contribution < -0.4 is 10.9 Å². The van der Waals surface area contributed by atoms with Crippen molar-refractivity contribution in [3.05, 3.63) is 81.7 Å². The average Bonchev–Trinajstić information content (AvgIpc) is 2.73. The average molecular weight is 393 g/mol. The molecule has 1 amide bonds. The van der Waals surface area contributed by atoms with Crippen molar-refractivity contribution in [2.75, 3.05) is 6.54 Å². The first kappa shape index (κ1) is 19.3. The number of hydrogen-bond donors (Lipinski definition) is 1. The normalized spacial score (nSPS) is 15.9. The highest BCUT2D eigenvalue weighted by atomic mass is 19.1. The van der Waals surface area contributed by atoms with Crippen LogP contribution in [-0.2, 0) is 5.41 Å². The lowest BCUT2D eigenvalue weighted by Gasteiger charge is -2.38. The Bertz CT molecular complexity index is 1100. The van der Waals surface area contributed by atoms with E-state index in [9.17, 15) is 14.0 Å². The number of nitrogens with zero attached hydrogens (tertiary/aromatic N) is 2. The first-order chi connectivity index (χ1) is 14.0. The van der Waals surface area contributed by atoms with E-state index in [4.69, 9.17) is 0 Å². The van der Waals surface area contributed by atoms with Crippen LogP contribution >= 0.6 is 0 Å². The fraction of sp³-hybridized carbons (Fsp3) is 0.348. The molecule has 2 heterocycles. The Balaban J connectivity index is 1.59. The van der Waals surface area contributed by atoms with Crippen LogP contribution in [0.15, 0.2) is 53.6 Å². The number of aromatic nitrogens is 2. The molecule has 0 unspecified atom stereocenters. The molecule has 3 aromatic rings. The molecule has 29 heavy (non-hydrogen) atoms. The number of nitrogens with one attached hydrogen (secondary N) is 1. The summed E-state index contributed by atoms with van der Waals surface area (Å²) in [5.41, 5.74) is 1.94. The molecular formula is C23H24FN3O2. The Kier molecular flexibility index (Phi) is 5.18. The second kappa shape index (κ2) is 7.78. The Morgan fingerprint density at radius 2 is 1.90 bits per heavy atom. The maximum Gasteiger partial charge on any atom is 0.270 e. The van der Waals surface area contributed by atoms with Gasteiger partial charge in [0.25, 0.3) is 11.5 Å². The minimum absolute atomic E-state index is 0.0245. The zero-order chi connectivity index (χ0) is 20.4. The molecule has 0 radical (unpaired) electrons. The first-order valence-electron chi connectivity index (χ1n) is 10.0. The van der Waals surface area contributed by atoms with Crippen molar-refractivity contribution in [3.8, 4) is 0 Å². The van der Waals surface area contributed by atoms with Crippen LogP contribution in [0.25, 0.3) is 5.65 Å². The summed E-state index contributed by atoms with van der Waals surface area (Å²) in [6, 6.07) is 10.2. The zero-order valence-corrected chi connectivity index (χ0v) is 16.5. The summed E-state index contributed by atoms with van der Waals surface area (Å²) in [5.74, 6) is -0.696. The number of carbonyl (C=O) groups excluding carboxylic acids is 1. The van der Waals surface area contributed by atoms with Crippen molar-refractivity contribution >= 4 is 11.6 Å². The largest absolute Gasteiger partial charge is 0.351 e. The molecule has 1 saturated carbocycles. The van der Waals surface area contributed by atoms with E-state index in [-0.39, 0.29) is 22.4 Å². The van der Waals surface area contributed by atoms with Crippen molar-refractivity contribution in [3.63, 3.8) is 0 Å². The molecule has 150 valence electrons. The van der Waals surface area contributed by atoms with Crippen molar-refractivity contribution in [2.45, 2.75) is 44.4 Å². The molecule has 1 fully saturated rings. The molecule has 1 aromatic carbocycles. The van der Waals surface area contributed by atoms with Crippen molar-refractivity contribution in [2.24, 2.45) is 0 Å². The third-order valence-corrected chi connectivity index (χ3v) is 5.96. The molecule has 0 spiro atoms. The predicted octanol–water partition coefficient (Wildman–Crippen LogP) is 3.77. The van der Waals surface area contributed by atoms with E-state index in [2.05, 4.69) is 10.3 Å². The Hall–Kier alpha value is -3.02. The fourth-order valence-corrected chi connectivity index (χ4v) is 4.28. The summed E-state index contributed by atoms with van der Waals surface area (Å²) in [4.78, 5) is 29.8. The van der Waals surface area contributed by atoms with Crippen LogP contribution in [0.5, 0.6) is 0 Å². The van der Waals surface area contributed by atoms with Crippen LogP contribution in [-0.4, -0.2) is 21.8 Å². The molecule has 2 aromatic heterocycles. The van der Waals surface area contributed by atoms with Gasteiger partial charge < -0.3 is 5.32 Å². The molecule has 6 heteroatoms. The third-order valence-electron chi connectivity index (χ3n) is 5.96. The maximum atomic E-state index is 13.4. The topological polar surface area (TPSA) is 63.5 Å². The molecule has 1 N–H and O–H groups in total. The molecule has 0 atom stereocenters. The quantitative estimate of drug-likeness (QED) is 0.734. The van der Waals surface area contributed by atoms with Gasteiger partial charge in [-0.1, -0.05) is 31.4 Å². The first-order valence-corrected chi connectivity index (χ1v) is 10.0. The number of pyridine rings is 1. The monoisotopic (exact) mass is 393 g/mol. The van der Waals surface area contributed by atoms with E-state index >= 15 is 0 Å². The van der Waals surface area contributed by atoms with Gasteiger partial charge in [-0.25, -0.2) is 9.37 Å². The molecule has 4 rings (SSSR count). The second-order valence-electron chi connectivity index (χ2n) is 7.94. The Morgan fingerprint density at radius 3 is 2.62 bits per heavy atom. The van der Waals surface area contributed by atoms with Crippen LogP contribution in [0.3, 0.4) is 0 Å². The highest BCUT2D eigenvalue weighted by molar-refractivity contribution is 5.93. The standard InChI is InChI=1S/C23H24FN3O2/c1-16-9-12-27-20(13-16)25-14-19(22(27)29)21(28)26-15-23(10-3-2-4-11-23)17-5-7-18(24)8-6-17/h5-9,12-14H,2-4,10-11,15H2,1H3,(H,26,28). The van der Waals surface area contributed by atoms with E-state index < -0.39 is 5.91 Å². The minimum atomic E-state index is -0.426. The minimum Gasteiger partial charge on any atom is -0.351 e. The maximum absolute atomic E-state index is 13.4. The van der Waals surface area contributed by atoms with Gasteiger partial charge in [0.1, 0.15) is 17.0 Å². The van der Waals surface area contributed by atoms with Crippen LogP contribution in [0, 0.1) is 12.7 Å². The van der Waals surface area contributed by atoms with Gasteiger partial charge in [0.15, 0.2) is 0 Å². The smallest absolute Gasteiger partial charge is 0.270 e. The highest BCUT2D eigenvalue weighted by Crippen LogP contribution is 2.39. The van der Waals surface area contributed by atoms with Crippen LogP contribution in [0.2, 0.25) is 0 Å². The summed E-state index contributed by atoms with van der Waals surface area (Å²) < 4.78 is 14.8. The molecule has 5 nitrogen and oxygen atoms in total. The van der Waals surface area contributed by atoms with Gasteiger partial charge in [0.2, 0.25) is 0 Å². The van der Waals surface area contributed by atoms with Gasteiger partial charge in [0.05, 0.1) is 0 Å². The molecule has 0 aliphatic heterocycles. The van der Waals surface area contributed by atoms with Crippen LogP contribution in [0.4, 0.5) is 4.39 Å². The zero-order valence-electron chi connectivity index (χ0n) is 16.5. The fourth-order valence-electron chi connectivity index (χ4n) is 4.28. The number of benzene rings is 1. The molecular weight excluding hydrogens is 369 g/mol. The number of halogens is 1. The summed E-state index contributed by atoms with van der Waals surface area (Å²) in [5, 5.41) is 2.95. The van der Waals surface area contributed by atoms with Gasteiger partial charge in [-0.2, -0.15) is 0 Å². The SMILES string of the molecule is Cc1ccn2c(=O)c(C(=O)NCC3(c4ccc(F)cc4)CCCCC3)cnc2c1. The number of amides is 1. The van der Waals surface area contributed by atoms with E-state index in [0.29, 0.717) is 12.2 Å². The summed E-state index contributed by atoms with van der Waals surface area (Å²) in [7, 11) is 0. The molecule has 0 saturated heterocycles. The number of rotatable bonds is 4. The van der Waals surface area contributed by atoms with E-state index in [1.54, 1.807) is 12.3 Å². The van der Waals surface area contributed by atoms with E-state index in [1.807, 2.05) is 25.1 Å². The van der Waals surface area contributed by atoms with Crippen molar-refractivity contribution < 1.29 is 9.18 Å². The van der Waals surface area contributed by atoms with Gasteiger partial charge in [0, 0.05) is 24.4 Å². The van der Waals surface area contributed by atoms with Gasteiger partial charge in [-0.05, 0) is 55.2 Å². The highest BCUT2D eigenvalue weighted by Gasteiger charge is 2.34. The van der Waals surface area contributed by atoms with E-state index in [1.165, 1.54) is 22.7 Å². The Morgan fingerprint density at radius 1 is 1.17 bits per heavy atom. The number of carbonyl (C=O) groups is 1. The van der Waals surface area contributed by atoms with Crippen molar-refractivity contribution in [1.29, 1.82) is 0 Å². The number of fused-ring (bicyclic) bond motifs is 1. The lowest BCUT2D eigenvalue weighted by molar-refractivity contribution is 0.0934. The van der Waals surface area contributed by atoms with Gasteiger partial charge in [-0.3, -0.25) is 14.0 Å². The molecule has 1 aliphatic carbocycles. The van der Waals surface area contributed by atoms with E-state index in [0.717, 1.165) is 43.2 Å². The summed E-state index contributed by atoms with van der Waals surface area (Å²) in [6.45, 7) is 2.33. The summed E-state index contributed by atoms with van der Waals surface area (Å²) >= 11 is 0. The Labute approximate surface area is 168 Å². The number of hydrogen-bond acceptors (Lipinski definition) is 3. The molecule has 0 bridgehead atoms. The van der Waals surface area contributed by atoms with Crippen LogP contribution in [0.1, 0.15) is 53.6 Å². The van der Waals surface area contributed by atoms with Crippen molar-refractivity contribution in [1.82, 2.24) is 14.7 Å². The van der Waals surface area contributed by atoms with Gasteiger partial charge in [-0.15, -0.1) is 0 Å². The lowest BCUT2D eigenvalue weighted by atomic mass is 9.69. The summed E-state index contributed by atoms with van der Waals surface area (Å²) in [6.07, 6.45) is 8.11. The number of aryl methyl sites for hydroxylation is 1.